The number of carbonyl (C=O) groups is 1. The lowest BCUT2D eigenvalue weighted by molar-refractivity contribution is 0.262. The van der Waals surface area contributed by atoms with E-state index in [4.69, 9.17) is 4.42 Å². The maximum Gasteiger partial charge on any atom is 0.323 e. The number of aromatic nitrogens is 1. The van der Waals surface area contributed by atoms with Crippen molar-refractivity contribution in [2.24, 2.45) is 4.99 Å². The highest BCUT2D eigenvalue weighted by Crippen LogP contribution is 2.27. The minimum absolute atomic E-state index is 0.0716. The molecule has 0 saturated carbocycles. The van der Waals surface area contributed by atoms with Crippen LogP contribution in [-0.2, 0) is 0 Å². The summed E-state index contributed by atoms with van der Waals surface area (Å²) in [5.74, 6) is 0.440. The first-order chi connectivity index (χ1) is 14.6. The van der Waals surface area contributed by atoms with Gasteiger partial charge in [0, 0.05) is 23.3 Å². The van der Waals surface area contributed by atoms with E-state index in [1.54, 1.807) is 24.5 Å². The van der Waals surface area contributed by atoms with Crippen LogP contribution in [0.3, 0.4) is 0 Å². The van der Waals surface area contributed by atoms with Crippen molar-refractivity contribution in [3.8, 4) is 0 Å². The molecular weight excluding hydrogens is 385 g/mol. The Morgan fingerprint density at radius 3 is 2.67 bits per heavy atom. The number of rotatable bonds is 5. The van der Waals surface area contributed by atoms with Crippen molar-refractivity contribution in [1.29, 1.82) is 0 Å². The van der Waals surface area contributed by atoms with Crippen LogP contribution in [0.15, 0.2) is 70.2 Å². The SMILES string of the molecule is Cc1ccc(NC(=O)Nc2ccc(F)cc2)cc1Nc1ncc(C2C=CC=NC2)o1. The highest BCUT2D eigenvalue weighted by Gasteiger charge is 2.15. The molecule has 2 aromatic carbocycles. The third-order valence-electron chi connectivity index (χ3n) is 4.57. The standard InChI is InChI=1S/C22H20FN5O2/c1-14-4-7-18(27-21(29)26-17-8-5-16(23)6-9-17)11-19(14)28-22-25-13-20(30-22)15-3-2-10-24-12-15/h2-11,13,15H,12H2,1H3,(H,25,28)(H2,26,27,29). The van der Waals surface area contributed by atoms with E-state index in [-0.39, 0.29) is 11.7 Å². The first-order valence-electron chi connectivity index (χ1n) is 9.40. The predicted molar refractivity (Wildman–Crippen MR) is 115 cm³/mol. The second-order valence-corrected chi connectivity index (χ2v) is 6.81. The van der Waals surface area contributed by atoms with Crippen molar-refractivity contribution < 1.29 is 13.6 Å². The Labute approximate surface area is 172 Å². The van der Waals surface area contributed by atoms with Crippen LogP contribution in [-0.4, -0.2) is 23.8 Å². The number of oxazole rings is 1. The molecule has 0 fully saturated rings. The molecule has 1 unspecified atom stereocenters. The second kappa shape index (κ2) is 8.60. The highest BCUT2D eigenvalue weighted by atomic mass is 19.1. The number of halogens is 1. The van der Waals surface area contributed by atoms with Gasteiger partial charge in [-0.1, -0.05) is 12.1 Å². The fourth-order valence-electron chi connectivity index (χ4n) is 2.96. The third-order valence-corrected chi connectivity index (χ3v) is 4.57. The minimum atomic E-state index is -0.431. The summed E-state index contributed by atoms with van der Waals surface area (Å²) >= 11 is 0. The van der Waals surface area contributed by atoms with Crippen LogP contribution in [0.2, 0.25) is 0 Å². The number of anilines is 4. The van der Waals surface area contributed by atoms with E-state index < -0.39 is 6.03 Å². The number of nitrogens with zero attached hydrogens (tertiary/aromatic N) is 2. The van der Waals surface area contributed by atoms with Crippen LogP contribution in [0.4, 0.5) is 32.3 Å². The van der Waals surface area contributed by atoms with Gasteiger partial charge in [-0.25, -0.2) is 14.2 Å². The van der Waals surface area contributed by atoms with Gasteiger partial charge in [0.1, 0.15) is 11.6 Å². The van der Waals surface area contributed by atoms with Crippen molar-refractivity contribution in [1.82, 2.24) is 4.98 Å². The van der Waals surface area contributed by atoms with Crippen molar-refractivity contribution in [3.05, 3.63) is 78.0 Å². The monoisotopic (exact) mass is 405 g/mol. The topological polar surface area (TPSA) is 91.6 Å². The number of hydrogen-bond acceptors (Lipinski definition) is 5. The maximum atomic E-state index is 13.0. The van der Waals surface area contributed by atoms with Gasteiger partial charge in [0.2, 0.25) is 0 Å². The molecule has 3 aromatic rings. The number of benzene rings is 2. The van der Waals surface area contributed by atoms with Gasteiger partial charge in [0.25, 0.3) is 6.01 Å². The molecule has 0 bridgehead atoms. The molecule has 7 nitrogen and oxygen atoms in total. The summed E-state index contributed by atoms with van der Waals surface area (Å²) in [6.07, 6.45) is 7.36. The summed E-state index contributed by atoms with van der Waals surface area (Å²) in [5.41, 5.74) is 2.79. The molecule has 1 atom stereocenters. The average Bonchev–Trinajstić information content (AvgIpc) is 3.21. The number of aliphatic imine (C=N–C) groups is 1. The van der Waals surface area contributed by atoms with Gasteiger partial charge in [-0.2, -0.15) is 0 Å². The van der Waals surface area contributed by atoms with E-state index in [2.05, 4.69) is 25.9 Å². The number of carbonyl (C=O) groups excluding carboxylic acids is 1. The van der Waals surface area contributed by atoms with Crippen LogP contribution in [0, 0.1) is 12.7 Å². The smallest absolute Gasteiger partial charge is 0.323 e. The first-order valence-corrected chi connectivity index (χ1v) is 9.40. The molecule has 30 heavy (non-hydrogen) atoms. The number of dihydropyridines is 1. The Morgan fingerprint density at radius 1 is 1.13 bits per heavy atom. The zero-order chi connectivity index (χ0) is 20.9. The molecule has 152 valence electrons. The molecule has 3 N–H and O–H groups in total. The van der Waals surface area contributed by atoms with Gasteiger partial charge in [0.05, 0.1) is 18.7 Å². The van der Waals surface area contributed by atoms with E-state index >= 15 is 0 Å². The summed E-state index contributed by atoms with van der Waals surface area (Å²) in [5, 5.41) is 8.56. The molecule has 4 rings (SSSR count). The Balaban J connectivity index is 1.42. The van der Waals surface area contributed by atoms with Crippen LogP contribution >= 0.6 is 0 Å². The molecule has 1 aliphatic heterocycles. The van der Waals surface area contributed by atoms with Gasteiger partial charge >= 0.3 is 6.03 Å². The number of hydrogen-bond donors (Lipinski definition) is 3. The van der Waals surface area contributed by atoms with Crippen LogP contribution < -0.4 is 16.0 Å². The van der Waals surface area contributed by atoms with Crippen molar-refractivity contribution in [2.75, 3.05) is 22.5 Å². The summed E-state index contributed by atoms with van der Waals surface area (Å²) in [7, 11) is 0. The molecular formula is C22H20FN5O2. The molecule has 2 heterocycles. The summed E-state index contributed by atoms with van der Waals surface area (Å²) in [6.45, 7) is 2.57. The van der Waals surface area contributed by atoms with Gasteiger partial charge in [-0.05, 0) is 55.0 Å². The summed E-state index contributed by atoms with van der Waals surface area (Å²) < 4.78 is 18.8. The minimum Gasteiger partial charge on any atom is -0.428 e. The third kappa shape index (κ3) is 4.72. The first kappa shape index (κ1) is 19.4. The Hall–Kier alpha value is -3.94. The Kier molecular flexibility index (Phi) is 5.56. The fourth-order valence-corrected chi connectivity index (χ4v) is 2.96. The zero-order valence-electron chi connectivity index (χ0n) is 16.2. The zero-order valence-corrected chi connectivity index (χ0v) is 16.2. The van der Waals surface area contributed by atoms with E-state index in [1.807, 2.05) is 25.1 Å². The predicted octanol–water partition coefficient (Wildman–Crippen LogP) is 5.23. The second-order valence-electron chi connectivity index (χ2n) is 6.81. The Morgan fingerprint density at radius 2 is 1.90 bits per heavy atom. The molecule has 0 saturated heterocycles. The number of urea groups is 1. The molecule has 1 aromatic heterocycles. The lowest BCUT2D eigenvalue weighted by Crippen LogP contribution is -2.19. The van der Waals surface area contributed by atoms with Crippen LogP contribution in [0.25, 0.3) is 0 Å². The van der Waals surface area contributed by atoms with E-state index in [0.717, 1.165) is 17.0 Å². The van der Waals surface area contributed by atoms with Crippen LogP contribution in [0.5, 0.6) is 0 Å². The van der Waals surface area contributed by atoms with Crippen molar-refractivity contribution >= 4 is 35.3 Å². The highest BCUT2D eigenvalue weighted by molar-refractivity contribution is 6.00. The molecule has 0 radical (unpaired) electrons. The lowest BCUT2D eigenvalue weighted by Gasteiger charge is -2.12. The van der Waals surface area contributed by atoms with Gasteiger partial charge in [-0.3, -0.25) is 4.99 Å². The normalized spacial score (nSPS) is 15.1. The molecule has 8 heteroatoms. The van der Waals surface area contributed by atoms with Gasteiger partial charge in [-0.15, -0.1) is 0 Å². The Bertz CT molecular complexity index is 1100. The van der Waals surface area contributed by atoms with E-state index in [1.165, 1.54) is 24.3 Å². The molecule has 0 aliphatic carbocycles. The van der Waals surface area contributed by atoms with Crippen molar-refractivity contribution in [3.63, 3.8) is 0 Å². The number of aryl methyl sites for hydroxylation is 1. The summed E-state index contributed by atoms with van der Waals surface area (Å²) in [4.78, 5) is 20.7. The van der Waals surface area contributed by atoms with Gasteiger partial charge in [0.15, 0.2) is 0 Å². The largest absolute Gasteiger partial charge is 0.428 e. The molecule has 2 amide bonds. The maximum absolute atomic E-state index is 13.0. The number of amides is 2. The fraction of sp³-hybridized carbons (Fsp3) is 0.136. The molecule has 1 aliphatic rings. The average molecular weight is 405 g/mol. The van der Waals surface area contributed by atoms with E-state index in [0.29, 0.717) is 23.9 Å². The van der Waals surface area contributed by atoms with E-state index in [9.17, 15) is 9.18 Å². The van der Waals surface area contributed by atoms with Crippen molar-refractivity contribution in [2.45, 2.75) is 12.8 Å². The summed E-state index contributed by atoms with van der Waals surface area (Å²) in [6, 6.07) is 10.9. The van der Waals surface area contributed by atoms with Gasteiger partial charge < -0.3 is 20.4 Å². The lowest BCUT2D eigenvalue weighted by atomic mass is 10.1. The van der Waals surface area contributed by atoms with Crippen LogP contribution in [0.1, 0.15) is 17.2 Å². The number of allylic oxidation sites excluding steroid dienone is 1. The quantitative estimate of drug-likeness (QED) is 0.542. The molecule has 0 spiro atoms. The number of nitrogens with one attached hydrogen (secondary N) is 3.